The van der Waals surface area contributed by atoms with Gasteiger partial charge in [-0.3, -0.25) is 4.79 Å². The Morgan fingerprint density at radius 2 is 1.84 bits per heavy atom. The predicted octanol–water partition coefficient (Wildman–Crippen LogP) is 2.75. The number of hydrogen-bond donors (Lipinski definition) is 1. The van der Waals surface area contributed by atoms with Crippen molar-refractivity contribution in [1.82, 2.24) is 15.1 Å². The molecule has 0 aliphatic carbocycles. The number of likely N-dealkylation sites (tertiary alicyclic amines) is 1. The maximum atomic E-state index is 12.8. The highest BCUT2D eigenvalue weighted by Crippen LogP contribution is 2.28. The van der Waals surface area contributed by atoms with Crippen LogP contribution in [0.1, 0.15) is 32.3 Å². The van der Waals surface area contributed by atoms with Gasteiger partial charge in [0.25, 0.3) is 0 Å². The normalized spacial score (nSPS) is 17.5. The summed E-state index contributed by atoms with van der Waals surface area (Å²) in [7, 11) is 1.65. The summed E-state index contributed by atoms with van der Waals surface area (Å²) in [4.78, 5) is 21.9. The van der Waals surface area contributed by atoms with Crippen molar-refractivity contribution in [3.63, 3.8) is 0 Å². The SMILES string of the molecule is CCNC(=NCc1ccc(OC)c(OCC)c1)N1CCC(C(=O)N2CCOCC2)CC1.I. The number of methoxy groups -OCH3 is 1. The first-order valence-electron chi connectivity index (χ1n) is 11.4. The largest absolute Gasteiger partial charge is 0.493 e. The van der Waals surface area contributed by atoms with E-state index in [0.29, 0.717) is 26.4 Å². The third-order valence-corrected chi connectivity index (χ3v) is 5.74. The number of aliphatic imine (C=N–C) groups is 1. The lowest BCUT2D eigenvalue weighted by atomic mass is 9.95. The second kappa shape index (κ2) is 13.7. The average molecular weight is 560 g/mol. The van der Waals surface area contributed by atoms with Crippen LogP contribution in [-0.4, -0.2) is 81.3 Å². The van der Waals surface area contributed by atoms with Crippen LogP contribution in [0.25, 0.3) is 0 Å². The zero-order chi connectivity index (χ0) is 22.1. The van der Waals surface area contributed by atoms with Gasteiger partial charge in [0, 0.05) is 38.6 Å². The Morgan fingerprint density at radius 1 is 1.12 bits per heavy atom. The Balaban J connectivity index is 0.00000363. The molecular formula is C23H37IN4O4. The molecular weight excluding hydrogens is 523 g/mol. The minimum absolute atomic E-state index is 0. The van der Waals surface area contributed by atoms with Gasteiger partial charge in [-0.2, -0.15) is 0 Å². The van der Waals surface area contributed by atoms with Gasteiger partial charge >= 0.3 is 0 Å². The number of morpholine rings is 1. The third kappa shape index (κ3) is 7.13. The number of nitrogens with zero attached hydrogens (tertiary/aromatic N) is 3. The summed E-state index contributed by atoms with van der Waals surface area (Å²) < 4.78 is 16.4. The molecule has 180 valence electrons. The van der Waals surface area contributed by atoms with Crippen LogP contribution in [0.3, 0.4) is 0 Å². The molecule has 0 unspecified atom stereocenters. The fraction of sp³-hybridized carbons (Fsp3) is 0.652. The monoisotopic (exact) mass is 560 g/mol. The van der Waals surface area contributed by atoms with Crippen LogP contribution < -0.4 is 14.8 Å². The number of amides is 1. The van der Waals surface area contributed by atoms with E-state index in [1.54, 1.807) is 7.11 Å². The maximum absolute atomic E-state index is 12.8. The number of piperidine rings is 1. The zero-order valence-electron chi connectivity index (χ0n) is 19.5. The summed E-state index contributed by atoms with van der Waals surface area (Å²) in [6, 6.07) is 5.93. The summed E-state index contributed by atoms with van der Waals surface area (Å²) in [5, 5.41) is 3.40. The van der Waals surface area contributed by atoms with Gasteiger partial charge in [-0.25, -0.2) is 4.99 Å². The van der Waals surface area contributed by atoms with E-state index in [9.17, 15) is 4.79 Å². The van der Waals surface area contributed by atoms with Crippen LogP contribution in [0, 0.1) is 5.92 Å². The van der Waals surface area contributed by atoms with Gasteiger partial charge in [-0.15, -0.1) is 24.0 Å². The Hall–Kier alpha value is -1.75. The molecule has 32 heavy (non-hydrogen) atoms. The molecule has 0 aromatic heterocycles. The molecule has 2 aliphatic heterocycles. The summed E-state index contributed by atoms with van der Waals surface area (Å²) in [6.07, 6.45) is 1.72. The highest BCUT2D eigenvalue weighted by molar-refractivity contribution is 14.0. The lowest BCUT2D eigenvalue weighted by molar-refractivity contribution is -0.140. The molecule has 0 saturated carbocycles. The molecule has 1 amide bonds. The van der Waals surface area contributed by atoms with E-state index < -0.39 is 0 Å². The molecule has 1 aromatic rings. The number of guanidine groups is 1. The van der Waals surface area contributed by atoms with E-state index in [0.717, 1.165) is 68.6 Å². The minimum atomic E-state index is 0. The van der Waals surface area contributed by atoms with E-state index in [1.165, 1.54) is 0 Å². The standard InChI is InChI=1S/C23H36N4O4.HI/c1-4-24-23(25-17-18-6-7-20(29-3)21(16-18)31-5-2)27-10-8-19(9-11-27)22(28)26-12-14-30-15-13-26;/h6-7,16,19H,4-5,8-15,17H2,1-3H3,(H,24,25);1H. The quantitative estimate of drug-likeness (QED) is 0.314. The van der Waals surface area contributed by atoms with Crippen molar-refractivity contribution < 1.29 is 19.0 Å². The number of nitrogens with one attached hydrogen (secondary N) is 1. The van der Waals surface area contributed by atoms with Gasteiger partial charge in [0.1, 0.15) is 0 Å². The molecule has 3 rings (SSSR count). The van der Waals surface area contributed by atoms with Crippen molar-refractivity contribution in [3.8, 4) is 11.5 Å². The van der Waals surface area contributed by atoms with E-state index in [4.69, 9.17) is 19.2 Å². The van der Waals surface area contributed by atoms with Gasteiger partial charge in [-0.1, -0.05) is 6.07 Å². The molecule has 2 saturated heterocycles. The Bertz CT molecular complexity index is 748. The van der Waals surface area contributed by atoms with Gasteiger partial charge in [0.05, 0.1) is 33.5 Å². The molecule has 2 fully saturated rings. The predicted molar refractivity (Wildman–Crippen MR) is 136 cm³/mol. The zero-order valence-corrected chi connectivity index (χ0v) is 21.8. The van der Waals surface area contributed by atoms with Crippen molar-refractivity contribution in [2.24, 2.45) is 10.9 Å². The molecule has 1 aromatic carbocycles. The molecule has 0 atom stereocenters. The molecule has 2 heterocycles. The number of ether oxygens (including phenoxy) is 3. The van der Waals surface area contributed by atoms with E-state index in [1.807, 2.05) is 30.0 Å². The summed E-state index contributed by atoms with van der Waals surface area (Å²) >= 11 is 0. The van der Waals surface area contributed by atoms with Crippen LogP contribution in [0.5, 0.6) is 11.5 Å². The van der Waals surface area contributed by atoms with Crippen molar-refractivity contribution >= 4 is 35.8 Å². The fourth-order valence-electron chi connectivity index (χ4n) is 4.06. The molecule has 2 aliphatic rings. The highest BCUT2D eigenvalue weighted by Gasteiger charge is 2.30. The van der Waals surface area contributed by atoms with Gasteiger partial charge in [0.15, 0.2) is 17.5 Å². The number of halogens is 1. The van der Waals surface area contributed by atoms with Crippen LogP contribution >= 0.6 is 24.0 Å². The lowest BCUT2D eigenvalue weighted by Gasteiger charge is -2.36. The maximum Gasteiger partial charge on any atom is 0.225 e. The average Bonchev–Trinajstić information content (AvgIpc) is 2.82. The lowest BCUT2D eigenvalue weighted by Crippen LogP contribution is -2.50. The Kier molecular flexibility index (Phi) is 11.4. The van der Waals surface area contributed by atoms with E-state index >= 15 is 0 Å². The van der Waals surface area contributed by atoms with Crippen LogP contribution in [0.2, 0.25) is 0 Å². The smallest absolute Gasteiger partial charge is 0.225 e. The number of benzene rings is 1. The number of rotatable bonds is 7. The second-order valence-corrected chi connectivity index (χ2v) is 7.79. The summed E-state index contributed by atoms with van der Waals surface area (Å²) in [6.45, 7) is 10.4. The van der Waals surface area contributed by atoms with Crippen molar-refractivity contribution in [1.29, 1.82) is 0 Å². The molecule has 1 N–H and O–H groups in total. The highest BCUT2D eigenvalue weighted by atomic mass is 127. The Labute approximate surface area is 208 Å². The Morgan fingerprint density at radius 3 is 2.47 bits per heavy atom. The molecule has 0 radical (unpaired) electrons. The third-order valence-electron chi connectivity index (χ3n) is 5.74. The van der Waals surface area contributed by atoms with Crippen molar-refractivity contribution in [2.75, 3.05) is 59.7 Å². The van der Waals surface area contributed by atoms with Crippen molar-refractivity contribution in [3.05, 3.63) is 23.8 Å². The van der Waals surface area contributed by atoms with Crippen LogP contribution in [-0.2, 0) is 16.1 Å². The van der Waals surface area contributed by atoms with Crippen LogP contribution in [0.15, 0.2) is 23.2 Å². The summed E-state index contributed by atoms with van der Waals surface area (Å²) in [5.74, 6) is 2.76. The van der Waals surface area contributed by atoms with E-state index in [2.05, 4.69) is 17.1 Å². The number of carbonyl (C=O) groups is 1. The van der Waals surface area contributed by atoms with Crippen molar-refractivity contribution in [2.45, 2.75) is 33.2 Å². The first-order chi connectivity index (χ1) is 15.2. The topological polar surface area (TPSA) is 75.6 Å². The molecule has 0 spiro atoms. The second-order valence-electron chi connectivity index (χ2n) is 7.79. The van der Waals surface area contributed by atoms with Gasteiger partial charge in [-0.05, 0) is 44.4 Å². The molecule has 0 bridgehead atoms. The van der Waals surface area contributed by atoms with Crippen LogP contribution in [0.4, 0.5) is 0 Å². The van der Waals surface area contributed by atoms with Gasteiger partial charge < -0.3 is 29.3 Å². The summed E-state index contributed by atoms with van der Waals surface area (Å²) in [5.41, 5.74) is 1.07. The van der Waals surface area contributed by atoms with E-state index in [-0.39, 0.29) is 35.8 Å². The fourth-order valence-corrected chi connectivity index (χ4v) is 4.06. The minimum Gasteiger partial charge on any atom is -0.493 e. The first-order valence-corrected chi connectivity index (χ1v) is 11.4. The number of carbonyl (C=O) groups excluding carboxylic acids is 1. The first kappa shape index (κ1) is 26.5. The molecule has 9 heteroatoms. The molecule has 8 nitrogen and oxygen atoms in total. The van der Waals surface area contributed by atoms with Gasteiger partial charge in [0.2, 0.25) is 5.91 Å². The number of hydrogen-bond acceptors (Lipinski definition) is 5.